The molecule has 0 aromatic heterocycles. The summed E-state index contributed by atoms with van der Waals surface area (Å²) >= 11 is 5.51. The van der Waals surface area contributed by atoms with E-state index in [1.54, 1.807) is 25.1 Å². The normalized spacial score (nSPS) is 11.1. The molecular formula is C12H17ClN2O3S. The first kappa shape index (κ1) is 15.8. The van der Waals surface area contributed by atoms with Gasteiger partial charge in [-0.3, -0.25) is 9.52 Å². The monoisotopic (exact) mass is 304 g/mol. The van der Waals surface area contributed by atoms with E-state index in [1.807, 2.05) is 0 Å². The second-order valence-electron chi connectivity index (χ2n) is 4.24. The SMILES string of the molecule is Cc1cc(NC(=O)CCCCl)ccc1NS(C)(=O)=O. The molecular weight excluding hydrogens is 288 g/mol. The molecule has 5 nitrogen and oxygen atoms in total. The molecule has 106 valence electrons. The third-order valence-corrected chi connectivity index (χ3v) is 3.20. The first-order chi connectivity index (χ1) is 8.81. The maximum atomic E-state index is 11.5. The Labute approximate surface area is 118 Å². The van der Waals surface area contributed by atoms with E-state index in [2.05, 4.69) is 10.0 Å². The zero-order valence-corrected chi connectivity index (χ0v) is 12.4. The van der Waals surface area contributed by atoms with Gasteiger partial charge in [0.2, 0.25) is 15.9 Å². The van der Waals surface area contributed by atoms with Crippen molar-refractivity contribution in [2.45, 2.75) is 19.8 Å². The van der Waals surface area contributed by atoms with Crippen molar-refractivity contribution in [1.82, 2.24) is 0 Å². The van der Waals surface area contributed by atoms with Gasteiger partial charge in [0.25, 0.3) is 0 Å². The van der Waals surface area contributed by atoms with Crippen molar-refractivity contribution in [3.8, 4) is 0 Å². The zero-order chi connectivity index (χ0) is 14.5. The van der Waals surface area contributed by atoms with Gasteiger partial charge >= 0.3 is 0 Å². The number of nitrogens with one attached hydrogen (secondary N) is 2. The lowest BCUT2D eigenvalue weighted by Gasteiger charge is -2.10. The fourth-order valence-corrected chi connectivity index (χ4v) is 2.27. The molecule has 0 saturated carbocycles. The summed E-state index contributed by atoms with van der Waals surface area (Å²) < 4.78 is 24.7. The highest BCUT2D eigenvalue weighted by Gasteiger charge is 2.07. The number of alkyl halides is 1. The second kappa shape index (κ2) is 6.77. The number of amides is 1. The maximum absolute atomic E-state index is 11.5. The summed E-state index contributed by atoms with van der Waals surface area (Å²) in [5.74, 6) is 0.341. The molecule has 0 fully saturated rings. The Balaban J connectivity index is 2.74. The van der Waals surface area contributed by atoms with E-state index in [1.165, 1.54) is 0 Å². The number of halogens is 1. The Kier molecular flexibility index (Phi) is 5.62. The molecule has 0 aliphatic heterocycles. The second-order valence-corrected chi connectivity index (χ2v) is 6.37. The molecule has 0 bridgehead atoms. The molecule has 0 unspecified atom stereocenters. The third kappa shape index (κ3) is 5.94. The van der Waals surface area contributed by atoms with E-state index in [0.29, 0.717) is 30.1 Å². The molecule has 0 aliphatic rings. The Morgan fingerprint density at radius 1 is 1.37 bits per heavy atom. The number of sulfonamides is 1. The molecule has 1 rings (SSSR count). The quantitative estimate of drug-likeness (QED) is 0.792. The van der Waals surface area contributed by atoms with Crippen LogP contribution in [0.3, 0.4) is 0 Å². The van der Waals surface area contributed by atoms with Gasteiger partial charge in [-0.05, 0) is 37.1 Å². The van der Waals surface area contributed by atoms with Crippen LogP contribution in [0.5, 0.6) is 0 Å². The number of carbonyl (C=O) groups excluding carboxylic acids is 1. The Morgan fingerprint density at radius 3 is 2.58 bits per heavy atom. The Morgan fingerprint density at radius 2 is 2.05 bits per heavy atom. The number of rotatable bonds is 6. The minimum absolute atomic E-state index is 0.108. The van der Waals surface area contributed by atoms with Crippen molar-refractivity contribution < 1.29 is 13.2 Å². The standard InChI is InChI=1S/C12H17ClN2O3S/c1-9-8-10(14-12(16)4-3-7-13)5-6-11(9)15-19(2,17)18/h5-6,8,15H,3-4,7H2,1-2H3,(H,14,16). The zero-order valence-electron chi connectivity index (χ0n) is 10.9. The number of aryl methyl sites for hydroxylation is 1. The summed E-state index contributed by atoms with van der Waals surface area (Å²) in [5, 5.41) is 2.73. The van der Waals surface area contributed by atoms with Gasteiger partial charge < -0.3 is 5.32 Å². The summed E-state index contributed by atoms with van der Waals surface area (Å²) in [6.07, 6.45) is 2.08. The molecule has 2 N–H and O–H groups in total. The highest BCUT2D eigenvalue weighted by atomic mass is 35.5. The number of benzene rings is 1. The van der Waals surface area contributed by atoms with E-state index in [0.717, 1.165) is 11.8 Å². The van der Waals surface area contributed by atoms with Gasteiger partial charge in [-0.1, -0.05) is 0 Å². The fourth-order valence-electron chi connectivity index (χ4n) is 1.51. The predicted octanol–water partition coefficient (Wildman–Crippen LogP) is 2.32. The van der Waals surface area contributed by atoms with E-state index in [-0.39, 0.29) is 5.91 Å². The van der Waals surface area contributed by atoms with Crippen molar-refractivity contribution in [2.75, 3.05) is 22.2 Å². The topological polar surface area (TPSA) is 75.3 Å². The van der Waals surface area contributed by atoms with Crippen LogP contribution in [0, 0.1) is 6.92 Å². The summed E-state index contributed by atoms with van der Waals surface area (Å²) in [4.78, 5) is 11.5. The van der Waals surface area contributed by atoms with Gasteiger partial charge in [0.1, 0.15) is 0 Å². The van der Waals surface area contributed by atoms with Gasteiger partial charge in [0.15, 0.2) is 0 Å². The van der Waals surface area contributed by atoms with Crippen molar-refractivity contribution in [3.63, 3.8) is 0 Å². The van der Waals surface area contributed by atoms with Crippen LogP contribution in [-0.4, -0.2) is 26.5 Å². The summed E-state index contributed by atoms with van der Waals surface area (Å²) in [7, 11) is -3.30. The van der Waals surface area contributed by atoms with Gasteiger partial charge in [-0.25, -0.2) is 8.42 Å². The van der Waals surface area contributed by atoms with Gasteiger partial charge in [-0.2, -0.15) is 0 Å². The molecule has 1 aromatic rings. The minimum Gasteiger partial charge on any atom is -0.326 e. The van der Waals surface area contributed by atoms with Crippen molar-refractivity contribution in [1.29, 1.82) is 0 Å². The first-order valence-electron chi connectivity index (χ1n) is 5.76. The first-order valence-corrected chi connectivity index (χ1v) is 8.18. The third-order valence-electron chi connectivity index (χ3n) is 2.34. The number of anilines is 2. The van der Waals surface area contributed by atoms with E-state index in [4.69, 9.17) is 11.6 Å². The van der Waals surface area contributed by atoms with Gasteiger partial charge in [0, 0.05) is 18.0 Å². The van der Waals surface area contributed by atoms with Crippen LogP contribution in [0.4, 0.5) is 11.4 Å². The van der Waals surface area contributed by atoms with Crippen molar-refractivity contribution >= 4 is 38.9 Å². The van der Waals surface area contributed by atoms with Crippen LogP contribution in [-0.2, 0) is 14.8 Å². The summed E-state index contributed by atoms with van der Waals surface area (Å²) in [6.45, 7) is 1.77. The average molecular weight is 305 g/mol. The molecule has 0 heterocycles. The van der Waals surface area contributed by atoms with Gasteiger partial charge in [0.05, 0.1) is 11.9 Å². The molecule has 1 amide bonds. The smallest absolute Gasteiger partial charge is 0.229 e. The van der Waals surface area contributed by atoms with E-state index in [9.17, 15) is 13.2 Å². The molecule has 1 aromatic carbocycles. The lowest BCUT2D eigenvalue weighted by atomic mass is 10.2. The van der Waals surface area contributed by atoms with E-state index >= 15 is 0 Å². The number of hydrogen-bond donors (Lipinski definition) is 2. The van der Waals surface area contributed by atoms with Crippen LogP contribution >= 0.6 is 11.6 Å². The molecule has 0 saturated heterocycles. The number of carbonyl (C=O) groups is 1. The predicted molar refractivity (Wildman–Crippen MR) is 78.2 cm³/mol. The lowest BCUT2D eigenvalue weighted by Crippen LogP contribution is -2.13. The molecule has 0 radical (unpaired) electrons. The molecule has 19 heavy (non-hydrogen) atoms. The lowest BCUT2D eigenvalue weighted by molar-refractivity contribution is -0.116. The summed E-state index contributed by atoms with van der Waals surface area (Å²) in [6, 6.07) is 4.98. The minimum atomic E-state index is -3.30. The van der Waals surface area contributed by atoms with Gasteiger partial charge in [-0.15, -0.1) is 11.6 Å². The maximum Gasteiger partial charge on any atom is 0.229 e. The van der Waals surface area contributed by atoms with Crippen molar-refractivity contribution in [3.05, 3.63) is 23.8 Å². The van der Waals surface area contributed by atoms with E-state index < -0.39 is 10.0 Å². The Bertz CT molecular complexity index is 558. The molecule has 0 spiro atoms. The fraction of sp³-hybridized carbons (Fsp3) is 0.417. The number of hydrogen-bond acceptors (Lipinski definition) is 3. The highest BCUT2D eigenvalue weighted by Crippen LogP contribution is 2.20. The van der Waals surface area contributed by atoms with Crippen LogP contribution in [0.1, 0.15) is 18.4 Å². The summed E-state index contributed by atoms with van der Waals surface area (Å²) in [5.41, 5.74) is 1.87. The Hall–Kier alpha value is -1.27. The van der Waals surface area contributed by atoms with Crippen LogP contribution in [0.15, 0.2) is 18.2 Å². The molecule has 0 atom stereocenters. The molecule has 0 aliphatic carbocycles. The van der Waals surface area contributed by atoms with Crippen LogP contribution in [0.25, 0.3) is 0 Å². The highest BCUT2D eigenvalue weighted by molar-refractivity contribution is 7.92. The van der Waals surface area contributed by atoms with Crippen LogP contribution < -0.4 is 10.0 Å². The molecule has 7 heteroatoms. The largest absolute Gasteiger partial charge is 0.326 e. The average Bonchev–Trinajstić information content (AvgIpc) is 2.28. The van der Waals surface area contributed by atoms with Crippen molar-refractivity contribution in [2.24, 2.45) is 0 Å². The van der Waals surface area contributed by atoms with Crippen LogP contribution in [0.2, 0.25) is 0 Å².